The first-order chi connectivity index (χ1) is 12.3. The molecule has 7 nitrogen and oxygen atoms in total. The van der Waals surface area contributed by atoms with Crippen LogP contribution in [-0.2, 0) is 17.6 Å². The molecule has 1 aromatic rings. The maximum Gasteiger partial charge on any atom is 0.339 e. The normalized spacial score (nSPS) is 30.4. The number of ether oxygens (including phenoxy) is 1. The number of anilines is 1. The van der Waals surface area contributed by atoms with Crippen LogP contribution < -0.4 is 4.90 Å². The minimum Gasteiger partial charge on any atom is -0.478 e. The van der Waals surface area contributed by atoms with Crippen LogP contribution in [0.4, 0.5) is 5.82 Å². The van der Waals surface area contributed by atoms with E-state index in [9.17, 15) is 20.1 Å². The number of carboxylic acid groups (broad SMARTS) is 1. The number of pyridine rings is 1. The van der Waals surface area contributed by atoms with E-state index in [1.54, 1.807) is 13.0 Å². The van der Waals surface area contributed by atoms with E-state index >= 15 is 0 Å². The van der Waals surface area contributed by atoms with Gasteiger partial charge in [-0.1, -0.05) is 0 Å². The van der Waals surface area contributed by atoms with Crippen molar-refractivity contribution < 1.29 is 24.9 Å². The van der Waals surface area contributed by atoms with Crippen LogP contribution >= 0.6 is 0 Å². The van der Waals surface area contributed by atoms with Crippen molar-refractivity contribution in [3.05, 3.63) is 22.9 Å². The van der Waals surface area contributed by atoms with Gasteiger partial charge in [0.2, 0.25) is 0 Å². The number of aromatic nitrogens is 1. The Balaban J connectivity index is 1.58. The number of hydrogen-bond donors (Lipinski definition) is 3. The van der Waals surface area contributed by atoms with E-state index in [2.05, 4.69) is 4.98 Å². The molecule has 0 bridgehead atoms. The Hall–Kier alpha value is -1.70. The molecule has 26 heavy (non-hydrogen) atoms. The van der Waals surface area contributed by atoms with Crippen LogP contribution in [0.2, 0.25) is 0 Å². The van der Waals surface area contributed by atoms with E-state index < -0.39 is 23.3 Å². The maximum atomic E-state index is 11.7. The summed E-state index contributed by atoms with van der Waals surface area (Å²) in [5, 5.41) is 30.7. The number of fused-ring (bicyclic) bond motifs is 1. The van der Waals surface area contributed by atoms with Crippen molar-refractivity contribution in [2.24, 2.45) is 0 Å². The van der Waals surface area contributed by atoms with Crippen LogP contribution in [0.25, 0.3) is 0 Å². The summed E-state index contributed by atoms with van der Waals surface area (Å²) in [6.07, 6.45) is 3.33. The van der Waals surface area contributed by atoms with Crippen LogP contribution in [-0.4, -0.2) is 63.3 Å². The van der Waals surface area contributed by atoms with E-state index in [4.69, 9.17) is 4.74 Å². The molecule has 7 heteroatoms. The van der Waals surface area contributed by atoms with Crippen molar-refractivity contribution in [2.75, 3.05) is 24.6 Å². The van der Waals surface area contributed by atoms with Gasteiger partial charge in [0.1, 0.15) is 23.1 Å². The standard InChI is InChI=1S/C19H26N2O5/c1-18(25)7-10-26-19(17(18)24)5-8-21(9-6-19)15-13(16(22)23)11-12-3-2-4-14(12)20-15/h11,17,24-25H,2-10H2,1H3,(H,22,23)/t17-,18+/m0/s1. The van der Waals surface area contributed by atoms with Gasteiger partial charge in [-0.05, 0) is 50.7 Å². The number of aliphatic hydroxyl groups excluding tert-OH is 1. The molecule has 0 amide bonds. The maximum absolute atomic E-state index is 11.7. The molecular weight excluding hydrogens is 336 g/mol. The Labute approximate surface area is 152 Å². The van der Waals surface area contributed by atoms with Gasteiger partial charge in [0, 0.05) is 25.2 Å². The van der Waals surface area contributed by atoms with E-state index in [1.807, 2.05) is 4.90 Å². The second-order valence-corrected chi connectivity index (χ2v) is 8.03. The number of aliphatic hydroxyl groups is 2. The lowest BCUT2D eigenvalue weighted by Gasteiger charge is -2.51. The lowest BCUT2D eigenvalue weighted by atomic mass is 9.75. The first kappa shape index (κ1) is 17.7. The number of nitrogens with zero attached hydrogens (tertiary/aromatic N) is 2. The summed E-state index contributed by atoms with van der Waals surface area (Å²) in [4.78, 5) is 18.4. The Morgan fingerprint density at radius 2 is 2.04 bits per heavy atom. The zero-order valence-corrected chi connectivity index (χ0v) is 15.1. The van der Waals surface area contributed by atoms with Gasteiger partial charge in [-0.2, -0.15) is 0 Å². The molecule has 0 saturated carbocycles. The lowest BCUT2D eigenvalue weighted by Crippen LogP contribution is -2.64. The molecule has 1 aliphatic carbocycles. The third-order valence-electron chi connectivity index (χ3n) is 6.26. The minimum atomic E-state index is -1.15. The number of carboxylic acids is 1. The molecular formula is C19H26N2O5. The molecule has 2 aliphatic heterocycles. The number of aromatic carboxylic acids is 1. The minimum absolute atomic E-state index is 0.249. The van der Waals surface area contributed by atoms with Crippen molar-refractivity contribution in [3.63, 3.8) is 0 Å². The van der Waals surface area contributed by atoms with Crippen LogP contribution in [0.1, 0.15) is 54.2 Å². The third kappa shape index (κ3) is 2.78. The fourth-order valence-corrected chi connectivity index (χ4v) is 4.62. The second kappa shape index (κ2) is 6.18. The van der Waals surface area contributed by atoms with Gasteiger partial charge in [-0.15, -0.1) is 0 Å². The van der Waals surface area contributed by atoms with E-state index in [0.717, 1.165) is 30.5 Å². The molecule has 4 rings (SSSR count). The van der Waals surface area contributed by atoms with Gasteiger partial charge in [-0.25, -0.2) is 9.78 Å². The fraction of sp³-hybridized carbons (Fsp3) is 0.684. The average molecular weight is 362 g/mol. The van der Waals surface area contributed by atoms with Gasteiger partial charge in [-0.3, -0.25) is 0 Å². The largest absolute Gasteiger partial charge is 0.478 e. The Morgan fingerprint density at radius 1 is 1.31 bits per heavy atom. The molecule has 3 heterocycles. The van der Waals surface area contributed by atoms with Crippen molar-refractivity contribution >= 4 is 11.8 Å². The van der Waals surface area contributed by atoms with Crippen molar-refractivity contribution in [1.29, 1.82) is 0 Å². The molecule has 2 saturated heterocycles. The highest BCUT2D eigenvalue weighted by Crippen LogP contribution is 2.41. The molecule has 0 aromatic carbocycles. The summed E-state index contributed by atoms with van der Waals surface area (Å²) in [7, 11) is 0. The van der Waals surface area contributed by atoms with E-state index in [1.165, 1.54) is 0 Å². The second-order valence-electron chi connectivity index (χ2n) is 8.03. The topological polar surface area (TPSA) is 103 Å². The van der Waals surface area contributed by atoms with Crippen LogP contribution in [0.3, 0.4) is 0 Å². The van der Waals surface area contributed by atoms with Gasteiger partial charge in [0.25, 0.3) is 0 Å². The number of aryl methyl sites for hydroxylation is 2. The molecule has 1 spiro atoms. The quantitative estimate of drug-likeness (QED) is 0.725. The van der Waals surface area contributed by atoms with Gasteiger partial charge < -0.3 is 25.0 Å². The first-order valence-corrected chi connectivity index (χ1v) is 9.38. The molecule has 0 radical (unpaired) electrons. The molecule has 3 aliphatic rings. The van der Waals surface area contributed by atoms with Crippen LogP contribution in [0.15, 0.2) is 6.07 Å². The summed E-state index contributed by atoms with van der Waals surface area (Å²) >= 11 is 0. The smallest absolute Gasteiger partial charge is 0.339 e. The predicted octanol–water partition coefficient (Wildman–Crippen LogP) is 1.14. The van der Waals surface area contributed by atoms with Crippen molar-refractivity contribution in [2.45, 2.75) is 62.8 Å². The third-order valence-corrected chi connectivity index (χ3v) is 6.26. The average Bonchev–Trinajstić information content (AvgIpc) is 3.07. The lowest BCUT2D eigenvalue weighted by molar-refractivity contribution is -0.239. The SMILES string of the molecule is C[C@@]1(O)CCOC2(CCN(c3nc4c(cc3C(=O)O)CCC4)CC2)[C@H]1O. The molecule has 2 atom stereocenters. The van der Waals surface area contributed by atoms with Gasteiger partial charge >= 0.3 is 5.97 Å². The van der Waals surface area contributed by atoms with Gasteiger partial charge in [0.05, 0.1) is 12.2 Å². The number of rotatable bonds is 2. The highest BCUT2D eigenvalue weighted by molar-refractivity contribution is 5.93. The zero-order chi connectivity index (χ0) is 18.5. The first-order valence-electron chi connectivity index (χ1n) is 9.38. The molecule has 142 valence electrons. The number of piperidine rings is 1. The molecule has 2 fully saturated rings. The van der Waals surface area contributed by atoms with Crippen LogP contribution in [0, 0.1) is 0 Å². The molecule has 0 unspecified atom stereocenters. The highest BCUT2D eigenvalue weighted by atomic mass is 16.5. The molecule has 3 N–H and O–H groups in total. The molecule has 1 aromatic heterocycles. The Morgan fingerprint density at radius 3 is 2.73 bits per heavy atom. The Kier molecular flexibility index (Phi) is 4.21. The monoisotopic (exact) mass is 362 g/mol. The summed E-state index contributed by atoms with van der Waals surface area (Å²) in [5.74, 6) is -0.440. The van der Waals surface area contributed by atoms with E-state index in [0.29, 0.717) is 44.8 Å². The van der Waals surface area contributed by atoms with E-state index in [-0.39, 0.29) is 5.56 Å². The Bertz CT molecular complexity index is 725. The fourth-order valence-electron chi connectivity index (χ4n) is 4.62. The number of carbonyl (C=O) groups is 1. The zero-order valence-electron chi connectivity index (χ0n) is 15.1. The summed E-state index contributed by atoms with van der Waals surface area (Å²) < 4.78 is 5.92. The van der Waals surface area contributed by atoms with Crippen molar-refractivity contribution in [1.82, 2.24) is 4.98 Å². The van der Waals surface area contributed by atoms with Crippen molar-refractivity contribution in [3.8, 4) is 0 Å². The van der Waals surface area contributed by atoms with Gasteiger partial charge in [0.15, 0.2) is 0 Å². The van der Waals surface area contributed by atoms with Crippen LogP contribution in [0.5, 0.6) is 0 Å². The predicted molar refractivity (Wildman–Crippen MR) is 94.6 cm³/mol. The summed E-state index contributed by atoms with van der Waals surface area (Å²) in [6, 6.07) is 1.77. The summed E-state index contributed by atoms with van der Waals surface area (Å²) in [6.45, 7) is 3.15. The summed E-state index contributed by atoms with van der Waals surface area (Å²) in [5.41, 5.74) is 0.374. The number of hydrogen-bond acceptors (Lipinski definition) is 6. The highest BCUT2D eigenvalue weighted by Gasteiger charge is 2.52.